The Morgan fingerprint density at radius 3 is 1.45 bits per heavy atom. The van der Waals surface area contributed by atoms with Gasteiger partial charge in [-0.3, -0.25) is 0 Å². The molecule has 0 fully saturated rings. The summed E-state index contributed by atoms with van der Waals surface area (Å²) < 4.78 is 62.0. The maximum atomic E-state index is 14.5. The normalized spacial score (nSPS) is 15.4. The molecule has 0 saturated heterocycles. The first kappa shape index (κ1) is 34.0. The molecular formula is C30H34N10O7P2. The number of aromatic nitrogens is 8. The van der Waals surface area contributed by atoms with Crippen molar-refractivity contribution in [2.45, 2.75) is 39.1 Å². The summed E-state index contributed by atoms with van der Waals surface area (Å²) in [5.41, 5.74) is 13.7. The van der Waals surface area contributed by atoms with E-state index in [9.17, 15) is 9.13 Å². The van der Waals surface area contributed by atoms with Crippen LogP contribution in [0.1, 0.15) is 13.8 Å². The van der Waals surface area contributed by atoms with Crippen LogP contribution in [0.2, 0.25) is 0 Å². The summed E-state index contributed by atoms with van der Waals surface area (Å²) in [4.78, 5) is 25.0. The number of anilines is 2. The molecule has 4 atom stereocenters. The lowest BCUT2D eigenvalue weighted by molar-refractivity contribution is 0.0708. The van der Waals surface area contributed by atoms with Crippen LogP contribution in [0.4, 0.5) is 11.6 Å². The van der Waals surface area contributed by atoms with Crippen molar-refractivity contribution >= 4 is 49.2 Å². The van der Waals surface area contributed by atoms with Gasteiger partial charge in [0.1, 0.15) is 35.2 Å². The van der Waals surface area contributed by atoms with E-state index in [0.29, 0.717) is 22.3 Å². The maximum absolute atomic E-state index is 14.5. The van der Waals surface area contributed by atoms with E-state index in [0.717, 1.165) is 0 Å². The Kier molecular flexibility index (Phi) is 10.2. The number of rotatable bonds is 16. The van der Waals surface area contributed by atoms with E-state index in [2.05, 4.69) is 29.9 Å². The molecule has 4 heterocycles. The fourth-order valence-corrected chi connectivity index (χ4v) is 8.79. The number of nitrogen functional groups attached to an aromatic ring is 2. The SMILES string of the molecule is C[C@H](Cn1cnc2c(N)ncnc21)OCP(=O)(Oc1ccccc1)OP(=O)(CO[C@@H](C)Cn1cnc2c(N)ncnc21)Oc1ccccc1. The van der Waals surface area contributed by atoms with E-state index in [4.69, 9.17) is 34.3 Å². The molecule has 4 N–H and O–H groups in total. The average molecular weight is 709 g/mol. The topological polar surface area (TPSA) is 220 Å². The number of para-hydroxylation sites is 2. The van der Waals surface area contributed by atoms with E-state index in [1.165, 1.54) is 12.7 Å². The van der Waals surface area contributed by atoms with Crippen LogP contribution in [0.25, 0.3) is 22.3 Å². The lowest BCUT2D eigenvalue weighted by atomic mass is 10.3. The second-order valence-corrected chi connectivity index (χ2v) is 15.0. The van der Waals surface area contributed by atoms with Gasteiger partial charge < -0.3 is 39.1 Å². The number of hydrogen-bond donors (Lipinski definition) is 2. The molecule has 0 aliphatic heterocycles. The molecule has 0 amide bonds. The molecule has 0 radical (unpaired) electrons. The molecule has 0 bridgehead atoms. The maximum Gasteiger partial charge on any atom is 0.412 e. The van der Waals surface area contributed by atoms with Crippen LogP contribution in [0.5, 0.6) is 11.5 Å². The first-order valence-corrected chi connectivity index (χ1v) is 18.5. The molecule has 4 aromatic heterocycles. The molecule has 256 valence electrons. The molecule has 6 aromatic rings. The second kappa shape index (κ2) is 14.7. The fraction of sp³-hybridized carbons (Fsp3) is 0.267. The first-order valence-electron chi connectivity index (χ1n) is 15.0. The summed E-state index contributed by atoms with van der Waals surface area (Å²) in [6, 6.07) is 16.7. The van der Waals surface area contributed by atoms with Gasteiger partial charge in [0.15, 0.2) is 35.6 Å². The van der Waals surface area contributed by atoms with Crippen LogP contribution < -0.4 is 20.5 Å². The van der Waals surface area contributed by atoms with Gasteiger partial charge in [0, 0.05) is 0 Å². The molecule has 17 nitrogen and oxygen atoms in total. The van der Waals surface area contributed by atoms with Crippen LogP contribution in [0, 0.1) is 0 Å². The number of nitrogens with zero attached hydrogens (tertiary/aromatic N) is 8. The molecular weight excluding hydrogens is 674 g/mol. The number of benzene rings is 2. The number of fused-ring (bicyclic) bond motifs is 2. The summed E-state index contributed by atoms with van der Waals surface area (Å²) in [5.74, 6) is 0.913. The highest BCUT2D eigenvalue weighted by Gasteiger charge is 2.41. The lowest BCUT2D eigenvalue weighted by Gasteiger charge is -2.27. The van der Waals surface area contributed by atoms with Crippen molar-refractivity contribution < 1.29 is 32.0 Å². The van der Waals surface area contributed by atoms with Crippen molar-refractivity contribution in [1.82, 2.24) is 39.0 Å². The molecule has 0 spiro atoms. The van der Waals surface area contributed by atoms with Crippen LogP contribution in [0.3, 0.4) is 0 Å². The van der Waals surface area contributed by atoms with E-state index >= 15 is 0 Å². The fourth-order valence-electron chi connectivity index (χ4n) is 4.77. The molecule has 6 rings (SSSR count). The minimum Gasteiger partial charge on any atom is -0.423 e. The van der Waals surface area contributed by atoms with E-state index < -0.39 is 40.1 Å². The van der Waals surface area contributed by atoms with Crippen molar-refractivity contribution in [2.24, 2.45) is 0 Å². The first-order chi connectivity index (χ1) is 23.6. The third-order valence-corrected chi connectivity index (χ3v) is 10.9. The Balaban J connectivity index is 1.20. The highest BCUT2D eigenvalue weighted by Crippen LogP contribution is 2.64. The predicted molar refractivity (Wildman–Crippen MR) is 181 cm³/mol. The van der Waals surface area contributed by atoms with E-state index in [1.807, 2.05) is 0 Å². The number of imidazole rings is 2. The summed E-state index contributed by atoms with van der Waals surface area (Å²) in [5, 5.41) is 0. The highest BCUT2D eigenvalue weighted by atomic mass is 31.3. The summed E-state index contributed by atoms with van der Waals surface area (Å²) in [7, 11) is -8.72. The Morgan fingerprint density at radius 2 is 1.04 bits per heavy atom. The molecule has 19 heteroatoms. The Morgan fingerprint density at radius 1 is 0.633 bits per heavy atom. The van der Waals surface area contributed by atoms with Gasteiger partial charge >= 0.3 is 15.2 Å². The van der Waals surface area contributed by atoms with Gasteiger partial charge in [0.25, 0.3) is 0 Å². The van der Waals surface area contributed by atoms with Gasteiger partial charge in [0.2, 0.25) is 0 Å². The zero-order valence-electron chi connectivity index (χ0n) is 26.6. The Hall–Kier alpha value is -4.92. The Bertz CT molecular complexity index is 1970. The van der Waals surface area contributed by atoms with Crippen molar-refractivity contribution in [3.8, 4) is 11.5 Å². The van der Waals surface area contributed by atoms with Gasteiger partial charge in [-0.25, -0.2) is 43.3 Å². The molecule has 2 unspecified atom stereocenters. The standard InChI is InChI=1S/C30H34N10O7P2/c1-21(13-39-17-37-25-27(31)33-15-35-29(25)39)43-19-48(41,45-23-9-5-3-6-10-23)47-49(42,46-24-11-7-4-8-12-24)20-44-22(2)14-40-18-38-26-28(32)34-16-36-30(26)40/h3-12,15-18,21-22H,13-14,19-20H2,1-2H3,(H2,31,33,35)(H2,32,34,36)/t21-,22+,48?,49?. The van der Waals surface area contributed by atoms with Gasteiger partial charge in [-0.15, -0.1) is 0 Å². The third-order valence-electron chi connectivity index (χ3n) is 7.03. The van der Waals surface area contributed by atoms with E-state index in [-0.39, 0.29) is 36.2 Å². The third kappa shape index (κ3) is 8.39. The smallest absolute Gasteiger partial charge is 0.412 e. The van der Waals surface area contributed by atoms with Crippen molar-refractivity contribution in [1.29, 1.82) is 0 Å². The van der Waals surface area contributed by atoms with Gasteiger partial charge in [0.05, 0.1) is 38.0 Å². The summed E-state index contributed by atoms with van der Waals surface area (Å²) in [6.45, 7) is 4.03. The molecule has 0 aliphatic rings. The van der Waals surface area contributed by atoms with Gasteiger partial charge in [-0.1, -0.05) is 36.4 Å². The number of ether oxygens (including phenoxy) is 2. The monoisotopic (exact) mass is 708 g/mol. The van der Waals surface area contributed by atoms with Crippen molar-refractivity contribution in [3.05, 3.63) is 86.0 Å². The zero-order valence-corrected chi connectivity index (χ0v) is 28.3. The van der Waals surface area contributed by atoms with Crippen molar-refractivity contribution in [2.75, 3.05) is 24.2 Å². The van der Waals surface area contributed by atoms with E-state index in [1.54, 1.807) is 96.3 Å². The summed E-state index contributed by atoms with van der Waals surface area (Å²) >= 11 is 0. The molecule has 2 aromatic carbocycles. The average Bonchev–Trinajstić information content (AvgIpc) is 3.69. The van der Waals surface area contributed by atoms with Crippen LogP contribution in [0.15, 0.2) is 86.0 Å². The zero-order chi connectivity index (χ0) is 34.4. The molecule has 0 saturated carbocycles. The van der Waals surface area contributed by atoms with Crippen molar-refractivity contribution in [3.63, 3.8) is 0 Å². The van der Waals surface area contributed by atoms with Crippen LogP contribution in [-0.4, -0.2) is 63.9 Å². The number of nitrogens with two attached hydrogens (primary N) is 2. The lowest BCUT2D eigenvalue weighted by Crippen LogP contribution is -2.20. The molecule has 0 aliphatic carbocycles. The van der Waals surface area contributed by atoms with Gasteiger partial charge in [-0.05, 0) is 38.1 Å². The predicted octanol–water partition coefficient (Wildman–Crippen LogP) is 5.12. The van der Waals surface area contributed by atoms with Crippen LogP contribution >= 0.6 is 15.2 Å². The Labute approximate surface area is 280 Å². The number of hydrogen-bond acceptors (Lipinski definition) is 15. The quantitative estimate of drug-likeness (QED) is 0.125. The molecule has 49 heavy (non-hydrogen) atoms. The minimum atomic E-state index is -4.36. The minimum absolute atomic E-state index is 0.212. The largest absolute Gasteiger partial charge is 0.423 e. The summed E-state index contributed by atoms with van der Waals surface area (Å²) in [6.07, 6.45) is 3.52. The highest BCUT2D eigenvalue weighted by molar-refractivity contribution is 7.67. The van der Waals surface area contributed by atoms with Gasteiger partial charge in [-0.2, -0.15) is 0 Å². The van der Waals surface area contributed by atoms with Crippen LogP contribution in [-0.2, 0) is 36.0 Å². The second-order valence-electron chi connectivity index (χ2n) is 11.0.